The van der Waals surface area contributed by atoms with Crippen molar-refractivity contribution in [2.45, 2.75) is 17.4 Å². The van der Waals surface area contributed by atoms with Crippen molar-refractivity contribution in [3.8, 4) is 22.9 Å². The number of hydrogen-bond acceptors (Lipinski definition) is 10. The van der Waals surface area contributed by atoms with Crippen molar-refractivity contribution in [2.24, 2.45) is 0 Å². The van der Waals surface area contributed by atoms with Gasteiger partial charge >= 0.3 is 10.4 Å². The van der Waals surface area contributed by atoms with E-state index in [1.165, 1.54) is 0 Å². The molecule has 0 spiro atoms. The van der Waals surface area contributed by atoms with Gasteiger partial charge in [-0.05, 0) is 24.6 Å². The summed E-state index contributed by atoms with van der Waals surface area (Å²) in [5.74, 6) is -0.00727. The van der Waals surface area contributed by atoms with Gasteiger partial charge in [0.2, 0.25) is 31.5 Å². The summed E-state index contributed by atoms with van der Waals surface area (Å²) in [6, 6.07) is 4.90. The lowest BCUT2D eigenvalue weighted by Crippen LogP contribution is -1.96. The van der Waals surface area contributed by atoms with Crippen molar-refractivity contribution >= 4 is 19.7 Å². The van der Waals surface area contributed by atoms with Crippen molar-refractivity contribution in [1.29, 1.82) is 0 Å². The average molecular weight is 384 g/mol. The summed E-state index contributed by atoms with van der Waals surface area (Å²) in [6.07, 6.45) is 1.91. The Morgan fingerprint density at radius 3 is 1.84 bits per heavy atom. The fraction of sp³-hybridized carbons (Fsp3) is 0.231. The fourth-order valence-corrected chi connectivity index (χ4v) is 2.77. The minimum atomic E-state index is -3.63. The summed E-state index contributed by atoms with van der Waals surface area (Å²) in [5, 5.41) is 13.4. The lowest BCUT2D eigenvalue weighted by Gasteiger charge is -2.02. The molecule has 0 saturated heterocycles. The maximum atomic E-state index is 11.5. The predicted molar refractivity (Wildman–Crippen MR) is 84.0 cm³/mol. The van der Waals surface area contributed by atoms with Gasteiger partial charge in [0.25, 0.3) is 0 Å². The van der Waals surface area contributed by atoms with E-state index in [0.29, 0.717) is 11.1 Å². The number of hydrogen-bond donors (Lipinski definition) is 0. The van der Waals surface area contributed by atoms with Crippen LogP contribution in [0.3, 0.4) is 0 Å². The van der Waals surface area contributed by atoms with E-state index in [4.69, 9.17) is 8.83 Å². The molecule has 25 heavy (non-hydrogen) atoms. The second-order valence-electron chi connectivity index (χ2n) is 5.32. The molecule has 2 heterocycles. The highest BCUT2D eigenvalue weighted by molar-refractivity contribution is 7.90. The normalized spacial score (nSPS) is 12.4. The van der Waals surface area contributed by atoms with Gasteiger partial charge in [-0.15, -0.1) is 10.2 Å². The molecule has 0 bridgehead atoms. The molecule has 0 aliphatic carbocycles. The first-order valence-electron chi connectivity index (χ1n) is 6.74. The van der Waals surface area contributed by atoms with Gasteiger partial charge in [-0.2, -0.15) is 0 Å². The third-order valence-electron chi connectivity index (χ3n) is 3.16. The van der Waals surface area contributed by atoms with Gasteiger partial charge in [0, 0.05) is 23.6 Å². The molecule has 132 valence electrons. The topological polar surface area (TPSA) is 146 Å². The van der Waals surface area contributed by atoms with Crippen LogP contribution in [0.2, 0.25) is 0 Å². The quantitative estimate of drug-likeness (QED) is 0.635. The molecule has 0 saturated carbocycles. The van der Waals surface area contributed by atoms with Crippen LogP contribution >= 0.6 is 0 Å². The van der Waals surface area contributed by atoms with Crippen molar-refractivity contribution in [3.05, 3.63) is 23.8 Å². The first-order valence-corrected chi connectivity index (χ1v) is 10.5. The number of rotatable bonds is 4. The molecule has 10 nitrogen and oxygen atoms in total. The molecule has 3 rings (SSSR count). The Bertz CT molecular complexity index is 1160. The summed E-state index contributed by atoms with van der Waals surface area (Å²) in [6.45, 7) is 1.76. The van der Waals surface area contributed by atoms with E-state index in [0.717, 1.165) is 18.1 Å². The summed E-state index contributed by atoms with van der Waals surface area (Å²) < 4.78 is 56.1. The molecule has 2 aromatic heterocycles. The Morgan fingerprint density at radius 1 is 0.800 bits per heavy atom. The van der Waals surface area contributed by atoms with Gasteiger partial charge in [-0.1, -0.05) is 16.3 Å². The van der Waals surface area contributed by atoms with Gasteiger partial charge in [-0.3, -0.25) is 0 Å². The van der Waals surface area contributed by atoms with Crippen molar-refractivity contribution in [1.82, 2.24) is 20.4 Å². The third kappa shape index (κ3) is 3.44. The molecule has 0 aliphatic rings. The summed E-state index contributed by atoms with van der Waals surface area (Å²) in [7, 11) is -7.25. The fourth-order valence-electron chi connectivity index (χ4n) is 1.93. The van der Waals surface area contributed by atoms with E-state index < -0.39 is 30.1 Å². The van der Waals surface area contributed by atoms with Gasteiger partial charge in [0.05, 0.1) is 0 Å². The number of aryl methyl sites for hydroxylation is 1. The molecule has 0 aliphatic heterocycles. The van der Waals surface area contributed by atoms with E-state index in [1.54, 1.807) is 25.1 Å². The SMILES string of the molecule is Cc1ccc(-c2nnc(S(C)(=O)=O)o2)cc1-c1nnc(S(C)(=O)=O)o1. The van der Waals surface area contributed by atoms with Gasteiger partial charge in [-0.25, -0.2) is 16.8 Å². The number of sulfone groups is 2. The molecule has 0 N–H and O–H groups in total. The van der Waals surface area contributed by atoms with Crippen LogP contribution in [-0.2, 0) is 19.7 Å². The Hall–Kier alpha value is -2.60. The number of benzene rings is 1. The molecule has 0 unspecified atom stereocenters. The minimum Gasteiger partial charge on any atom is -0.408 e. The minimum absolute atomic E-state index is 0.00243. The second-order valence-corrected chi connectivity index (χ2v) is 9.11. The first kappa shape index (κ1) is 17.2. The van der Waals surface area contributed by atoms with Gasteiger partial charge in [0.15, 0.2) is 0 Å². The lowest BCUT2D eigenvalue weighted by atomic mass is 10.1. The molecule has 12 heteroatoms. The van der Waals surface area contributed by atoms with Crippen molar-refractivity contribution in [2.75, 3.05) is 12.5 Å². The van der Waals surface area contributed by atoms with Crippen LogP contribution < -0.4 is 0 Å². The lowest BCUT2D eigenvalue weighted by molar-refractivity contribution is 0.440. The standard InChI is InChI=1S/C13H12N4O6S2/c1-7-4-5-8(10-14-16-12(22-10)24(2,18)19)6-9(7)11-15-17-13(23-11)25(3,20)21/h4-6H,1-3H3. The van der Waals surface area contributed by atoms with Crippen LogP contribution in [0.25, 0.3) is 22.9 Å². The van der Waals surface area contributed by atoms with Gasteiger partial charge in [0.1, 0.15) is 0 Å². The zero-order chi connectivity index (χ0) is 18.4. The van der Waals surface area contributed by atoms with E-state index in [9.17, 15) is 16.8 Å². The maximum Gasteiger partial charge on any atom is 0.335 e. The van der Waals surface area contributed by atoms with E-state index in [-0.39, 0.29) is 11.8 Å². The zero-order valence-electron chi connectivity index (χ0n) is 13.3. The monoisotopic (exact) mass is 384 g/mol. The van der Waals surface area contributed by atoms with Crippen molar-refractivity contribution in [3.63, 3.8) is 0 Å². The molecule has 1 aromatic carbocycles. The highest BCUT2D eigenvalue weighted by Gasteiger charge is 2.21. The molecule has 0 amide bonds. The highest BCUT2D eigenvalue weighted by Crippen LogP contribution is 2.29. The van der Waals surface area contributed by atoms with Crippen LogP contribution in [0.1, 0.15) is 5.56 Å². The summed E-state index contributed by atoms with van der Waals surface area (Å²) in [5.41, 5.74) is 1.61. The Labute approximate surface area is 142 Å². The Morgan fingerprint density at radius 2 is 1.32 bits per heavy atom. The van der Waals surface area contributed by atoms with Crippen LogP contribution in [0.15, 0.2) is 37.5 Å². The predicted octanol–water partition coefficient (Wildman–Crippen LogP) is 0.902. The average Bonchev–Trinajstić information content (AvgIpc) is 3.16. The first-order chi connectivity index (χ1) is 11.6. The molecule has 0 fully saturated rings. The van der Waals surface area contributed by atoms with E-state index in [2.05, 4.69) is 20.4 Å². The van der Waals surface area contributed by atoms with E-state index >= 15 is 0 Å². The van der Waals surface area contributed by atoms with Crippen LogP contribution in [-0.4, -0.2) is 49.7 Å². The molecular weight excluding hydrogens is 372 g/mol. The maximum absolute atomic E-state index is 11.5. The second kappa shape index (κ2) is 5.74. The van der Waals surface area contributed by atoms with E-state index in [1.807, 2.05) is 0 Å². The van der Waals surface area contributed by atoms with Crippen molar-refractivity contribution < 1.29 is 25.7 Å². The summed E-state index contributed by atoms with van der Waals surface area (Å²) in [4.78, 5) is 0. The van der Waals surface area contributed by atoms with Crippen LogP contribution in [0, 0.1) is 6.92 Å². The smallest absolute Gasteiger partial charge is 0.335 e. The Kier molecular flexibility index (Phi) is 3.95. The molecule has 3 aromatic rings. The molecule has 0 radical (unpaired) electrons. The number of nitrogens with zero attached hydrogens (tertiary/aromatic N) is 4. The Balaban J connectivity index is 2.07. The number of aromatic nitrogens is 4. The van der Waals surface area contributed by atoms with Gasteiger partial charge < -0.3 is 8.83 Å². The zero-order valence-corrected chi connectivity index (χ0v) is 14.9. The van der Waals surface area contributed by atoms with Crippen LogP contribution in [0.5, 0.6) is 0 Å². The molecule has 0 atom stereocenters. The highest BCUT2D eigenvalue weighted by atomic mass is 32.2. The third-order valence-corrected chi connectivity index (χ3v) is 4.76. The van der Waals surface area contributed by atoms with Crippen LogP contribution in [0.4, 0.5) is 0 Å². The summed E-state index contributed by atoms with van der Waals surface area (Å²) >= 11 is 0. The largest absolute Gasteiger partial charge is 0.408 e. The molecular formula is C13H12N4O6S2.